The van der Waals surface area contributed by atoms with Gasteiger partial charge in [0.2, 0.25) is 0 Å². The van der Waals surface area contributed by atoms with Crippen LogP contribution in [-0.2, 0) is 4.79 Å². The number of likely N-dealkylation sites (N-methyl/N-ethyl adjacent to an activating group) is 1. The average Bonchev–Trinajstić information content (AvgIpc) is 2.65. The van der Waals surface area contributed by atoms with Crippen molar-refractivity contribution < 1.29 is 19.5 Å². The van der Waals surface area contributed by atoms with Crippen molar-refractivity contribution >= 4 is 5.97 Å². The summed E-state index contributed by atoms with van der Waals surface area (Å²) in [4.78, 5) is 10.2. The van der Waals surface area contributed by atoms with Crippen molar-refractivity contribution in [3.63, 3.8) is 0 Å². The molecule has 1 N–H and O–H groups in total. The summed E-state index contributed by atoms with van der Waals surface area (Å²) in [5, 5.41) is 18.8. The molecule has 174 valence electrons. The number of quaternary nitrogens is 1. The highest BCUT2D eigenvalue weighted by atomic mass is 16.4. The van der Waals surface area contributed by atoms with Crippen molar-refractivity contribution in [2.75, 3.05) is 33.8 Å². The standard InChI is InChI=1S/C18H36O2.C7H16NO/c1-2-3-4-5-6-7-8-9-10-11-12-13-14-15-16-17-18(19)20;1-4-5-8(2,3)6-7-9/h2-17H2,1H3,(H,19,20);4,9H,1,5-7H2,2-3H3/q;+1/p-1. The molecule has 0 atom stereocenters. The van der Waals surface area contributed by atoms with Gasteiger partial charge < -0.3 is 19.5 Å². The third kappa shape index (κ3) is 29.4. The van der Waals surface area contributed by atoms with Crippen LogP contribution in [0.1, 0.15) is 110 Å². The highest BCUT2D eigenvalue weighted by Crippen LogP contribution is 2.13. The molecule has 0 heterocycles. The largest absolute Gasteiger partial charge is 0.550 e. The van der Waals surface area contributed by atoms with Gasteiger partial charge in [0.1, 0.15) is 6.54 Å². The second-order valence-electron chi connectivity index (χ2n) is 8.93. The highest BCUT2D eigenvalue weighted by molar-refractivity contribution is 5.63. The number of rotatable bonds is 20. The van der Waals surface area contributed by atoms with Gasteiger partial charge in [0.05, 0.1) is 27.2 Å². The van der Waals surface area contributed by atoms with Crippen LogP contribution in [0, 0.1) is 0 Å². The normalized spacial score (nSPS) is 11.0. The van der Waals surface area contributed by atoms with Crippen molar-refractivity contribution in [3.05, 3.63) is 12.7 Å². The summed E-state index contributed by atoms with van der Waals surface area (Å²) in [5.74, 6) is -0.903. The van der Waals surface area contributed by atoms with Crippen molar-refractivity contribution in [1.29, 1.82) is 0 Å². The fourth-order valence-electron chi connectivity index (χ4n) is 3.35. The molecule has 0 spiro atoms. The first-order chi connectivity index (χ1) is 13.9. The molecule has 0 amide bonds. The van der Waals surface area contributed by atoms with Crippen LogP contribution in [0.3, 0.4) is 0 Å². The van der Waals surface area contributed by atoms with Crippen LogP contribution in [0.4, 0.5) is 0 Å². The molecule has 0 rings (SSSR count). The molecule has 0 saturated heterocycles. The zero-order chi connectivity index (χ0) is 22.2. The number of nitrogens with zero attached hydrogens (tertiary/aromatic N) is 1. The highest BCUT2D eigenvalue weighted by Gasteiger charge is 2.09. The lowest BCUT2D eigenvalue weighted by molar-refractivity contribution is -0.884. The van der Waals surface area contributed by atoms with Crippen molar-refractivity contribution in [3.8, 4) is 0 Å². The number of aliphatic hydroxyl groups is 1. The molecule has 0 aromatic carbocycles. The minimum atomic E-state index is -0.903. The Hall–Kier alpha value is -0.870. The Morgan fingerprint density at radius 1 is 0.828 bits per heavy atom. The van der Waals surface area contributed by atoms with E-state index in [2.05, 4.69) is 27.6 Å². The van der Waals surface area contributed by atoms with Gasteiger partial charge in [-0.05, 0) is 18.9 Å². The molecule has 0 unspecified atom stereocenters. The number of hydrogen-bond donors (Lipinski definition) is 1. The summed E-state index contributed by atoms with van der Waals surface area (Å²) >= 11 is 0. The second kappa shape index (κ2) is 23.4. The molecule has 0 saturated carbocycles. The Balaban J connectivity index is 0. The van der Waals surface area contributed by atoms with Crippen LogP contribution in [0.15, 0.2) is 12.7 Å². The summed E-state index contributed by atoms with van der Waals surface area (Å²) in [5.41, 5.74) is 0. The van der Waals surface area contributed by atoms with Crippen LogP contribution >= 0.6 is 0 Å². The molecule has 0 bridgehead atoms. The van der Waals surface area contributed by atoms with E-state index in [1.165, 1.54) is 83.5 Å². The number of carboxylic acid groups (broad SMARTS) is 1. The second-order valence-corrected chi connectivity index (χ2v) is 8.93. The summed E-state index contributed by atoms with van der Waals surface area (Å²) < 4.78 is 0.819. The van der Waals surface area contributed by atoms with E-state index in [0.717, 1.165) is 30.4 Å². The molecule has 4 heteroatoms. The van der Waals surface area contributed by atoms with E-state index in [0.29, 0.717) is 0 Å². The van der Waals surface area contributed by atoms with Gasteiger partial charge >= 0.3 is 0 Å². The van der Waals surface area contributed by atoms with E-state index in [4.69, 9.17) is 5.11 Å². The lowest BCUT2D eigenvalue weighted by Crippen LogP contribution is -2.41. The minimum Gasteiger partial charge on any atom is -0.550 e. The maximum absolute atomic E-state index is 10.2. The summed E-state index contributed by atoms with van der Waals surface area (Å²) in [6, 6.07) is 0. The van der Waals surface area contributed by atoms with Gasteiger partial charge in [-0.25, -0.2) is 0 Å². The van der Waals surface area contributed by atoms with Crippen LogP contribution in [-0.4, -0.2) is 49.4 Å². The third-order valence-electron chi connectivity index (χ3n) is 5.31. The van der Waals surface area contributed by atoms with E-state index in [1.54, 1.807) is 0 Å². The molecule has 0 aliphatic carbocycles. The van der Waals surface area contributed by atoms with Crippen LogP contribution < -0.4 is 5.11 Å². The smallest absolute Gasteiger partial charge is 0.102 e. The molecular formula is C25H51NO3. The molecule has 0 fully saturated rings. The fourth-order valence-corrected chi connectivity index (χ4v) is 3.35. The van der Waals surface area contributed by atoms with Gasteiger partial charge in [0, 0.05) is 5.97 Å². The van der Waals surface area contributed by atoms with E-state index in [1.807, 2.05) is 6.08 Å². The maximum Gasteiger partial charge on any atom is 0.102 e. The number of hydrogen-bond acceptors (Lipinski definition) is 3. The number of carbonyl (C=O) groups excluding carboxylic acids is 1. The first-order valence-corrected chi connectivity index (χ1v) is 12.1. The number of carbonyl (C=O) groups is 1. The van der Waals surface area contributed by atoms with Crippen molar-refractivity contribution in [2.45, 2.75) is 110 Å². The van der Waals surface area contributed by atoms with Gasteiger partial charge in [0.25, 0.3) is 0 Å². The van der Waals surface area contributed by atoms with Gasteiger partial charge in [-0.1, -0.05) is 103 Å². The Morgan fingerprint density at radius 2 is 1.21 bits per heavy atom. The molecule has 4 nitrogen and oxygen atoms in total. The van der Waals surface area contributed by atoms with Gasteiger partial charge in [-0.15, -0.1) is 0 Å². The van der Waals surface area contributed by atoms with E-state index >= 15 is 0 Å². The Bertz CT molecular complexity index is 356. The van der Waals surface area contributed by atoms with Crippen LogP contribution in [0.25, 0.3) is 0 Å². The third-order valence-corrected chi connectivity index (χ3v) is 5.31. The number of carboxylic acids is 1. The summed E-state index contributed by atoms with van der Waals surface area (Å²) in [7, 11) is 4.13. The maximum atomic E-state index is 10.2. The average molecular weight is 414 g/mol. The molecular weight excluding hydrogens is 362 g/mol. The van der Waals surface area contributed by atoms with Gasteiger partial charge in [-0.2, -0.15) is 0 Å². The van der Waals surface area contributed by atoms with E-state index < -0.39 is 5.97 Å². The van der Waals surface area contributed by atoms with Crippen molar-refractivity contribution in [2.24, 2.45) is 0 Å². The first-order valence-electron chi connectivity index (χ1n) is 12.1. The molecule has 0 aromatic rings. The number of aliphatic carboxylic acids is 1. The van der Waals surface area contributed by atoms with Crippen LogP contribution in [0.2, 0.25) is 0 Å². The molecule has 0 radical (unpaired) electrons. The van der Waals surface area contributed by atoms with Crippen molar-refractivity contribution in [1.82, 2.24) is 0 Å². The summed E-state index contributed by atoms with van der Waals surface area (Å²) in [6.07, 6.45) is 21.7. The zero-order valence-electron chi connectivity index (χ0n) is 19.9. The zero-order valence-corrected chi connectivity index (χ0v) is 19.9. The first kappa shape index (κ1) is 30.3. The predicted octanol–water partition coefficient (Wildman–Crippen LogP) is 5.24. The lowest BCUT2D eigenvalue weighted by Gasteiger charge is -2.26. The van der Waals surface area contributed by atoms with E-state index in [-0.39, 0.29) is 13.0 Å². The lowest BCUT2D eigenvalue weighted by atomic mass is 10.0. The molecule has 0 aliphatic heterocycles. The Labute approximate surface area is 182 Å². The van der Waals surface area contributed by atoms with Crippen LogP contribution in [0.5, 0.6) is 0 Å². The predicted molar refractivity (Wildman–Crippen MR) is 124 cm³/mol. The number of aliphatic hydroxyl groups excluding tert-OH is 1. The summed E-state index contributed by atoms with van der Waals surface area (Å²) in [6.45, 7) is 7.86. The Morgan fingerprint density at radius 3 is 1.52 bits per heavy atom. The topological polar surface area (TPSA) is 60.4 Å². The molecule has 0 aromatic heterocycles. The van der Waals surface area contributed by atoms with Gasteiger partial charge in [0.15, 0.2) is 0 Å². The minimum absolute atomic E-state index is 0.234. The Kier molecular flexibility index (Phi) is 24.5. The quantitative estimate of drug-likeness (QED) is 0.169. The monoisotopic (exact) mass is 413 g/mol. The SMILES string of the molecule is C=CC[N+](C)(C)CCO.CCCCCCCCCCCCCCCCCC(=O)[O-]. The fraction of sp³-hybridized carbons (Fsp3) is 0.880. The number of unbranched alkanes of at least 4 members (excludes halogenated alkanes) is 14. The molecule has 0 aliphatic rings. The van der Waals surface area contributed by atoms with E-state index in [9.17, 15) is 9.90 Å². The molecule has 29 heavy (non-hydrogen) atoms. The van der Waals surface area contributed by atoms with Gasteiger partial charge in [-0.3, -0.25) is 0 Å².